The molecule has 1 N–H and O–H groups in total. The molecule has 0 fully saturated rings. The molecule has 8 nitrogen and oxygen atoms in total. The van der Waals surface area contributed by atoms with Gasteiger partial charge in [0, 0.05) is 13.5 Å². The molecule has 0 aromatic rings. The lowest BCUT2D eigenvalue weighted by Gasteiger charge is -2.24. The van der Waals surface area contributed by atoms with Gasteiger partial charge in [0.15, 0.2) is 0 Å². The predicted octanol–water partition coefficient (Wildman–Crippen LogP) is 7.04. The molecule has 0 bridgehead atoms. The van der Waals surface area contributed by atoms with Crippen molar-refractivity contribution in [3.8, 4) is 0 Å². The number of rotatable bonds is 27. The van der Waals surface area contributed by atoms with Gasteiger partial charge in [-0.3, -0.25) is 13.8 Å². The molecule has 2 unspecified atom stereocenters. The third kappa shape index (κ3) is 28.3. The minimum atomic E-state index is -4.19. The number of carbonyl (C=O) groups is 1. The smallest absolute Gasteiger partial charge is 0.463 e. The van der Waals surface area contributed by atoms with Gasteiger partial charge >= 0.3 is 13.8 Å². The monoisotopic (exact) mass is 552 g/mol. The molecule has 0 saturated heterocycles. The Bertz CT molecular complexity index is 583. The second-order valence-corrected chi connectivity index (χ2v) is 12.7. The Morgan fingerprint density at radius 1 is 0.730 bits per heavy atom. The maximum Gasteiger partial charge on any atom is 0.472 e. The third-order valence-electron chi connectivity index (χ3n) is 6.26. The third-order valence-corrected chi connectivity index (χ3v) is 7.25. The number of unbranched alkanes of at least 4 members (excludes halogenated alkanes) is 15. The van der Waals surface area contributed by atoms with Crippen LogP contribution >= 0.6 is 7.82 Å². The summed E-state index contributed by atoms with van der Waals surface area (Å²) in [5.74, 6) is -0.428. The number of hydrogen-bond donors (Lipinski definition) is 1. The van der Waals surface area contributed by atoms with Crippen molar-refractivity contribution < 1.29 is 37.3 Å². The fourth-order valence-electron chi connectivity index (χ4n) is 3.90. The number of hydrogen-bond acceptors (Lipinski definition) is 6. The topological polar surface area (TPSA) is 91.3 Å². The van der Waals surface area contributed by atoms with Crippen LogP contribution in [0.4, 0.5) is 0 Å². The highest BCUT2D eigenvalue weighted by molar-refractivity contribution is 7.47. The first-order chi connectivity index (χ1) is 17.6. The molecule has 0 aromatic heterocycles. The van der Waals surface area contributed by atoms with Crippen LogP contribution in [0, 0.1) is 0 Å². The maximum absolute atomic E-state index is 12.1. The van der Waals surface area contributed by atoms with Gasteiger partial charge in [-0.25, -0.2) is 4.57 Å². The quantitative estimate of drug-likeness (QED) is 0.0506. The standard InChI is InChI=1S/C28H58NO7P/c1-6-7-8-9-10-11-12-13-14-15-16-17-18-19-20-21-23-33-28(25-34-27(2)30)26-36-37(31,32)35-24-22-29(3,4)5/h28H,6-26H2,1-5H3/p+1. The average molecular weight is 553 g/mol. The zero-order valence-corrected chi connectivity index (χ0v) is 25.6. The molecule has 0 aliphatic carbocycles. The summed E-state index contributed by atoms with van der Waals surface area (Å²) >= 11 is 0. The van der Waals surface area contributed by atoms with Crippen molar-refractivity contribution in [1.29, 1.82) is 0 Å². The molecule has 0 saturated carbocycles. The highest BCUT2D eigenvalue weighted by atomic mass is 31.2. The molecule has 0 heterocycles. The molecular weight excluding hydrogens is 493 g/mol. The van der Waals surface area contributed by atoms with Gasteiger partial charge in [-0.1, -0.05) is 103 Å². The van der Waals surface area contributed by atoms with Crippen molar-refractivity contribution in [2.24, 2.45) is 0 Å². The van der Waals surface area contributed by atoms with Crippen molar-refractivity contribution in [2.45, 2.75) is 123 Å². The van der Waals surface area contributed by atoms with Gasteiger partial charge in [-0.05, 0) is 6.42 Å². The van der Waals surface area contributed by atoms with E-state index in [1.165, 1.54) is 96.8 Å². The molecule has 0 aromatic carbocycles. The summed E-state index contributed by atoms with van der Waals surface area (Å²) in [5.41, 5.74) is 0. The summed E-state index contributed by atoms with van der Waals surface area (Å²) in [6, 6.07) is 0. The van der Waals surface area contributed by atoms with Crippen LogP contribution in [0.2, 0.25) is 0 Å². The molecule has 37 heavy (non-hydrogen) atoms. The van der Waals surface area contributed by atoms with E-state index in [1.54, 1.807) is 0 Å². The highest BCUT2D eigenvalue weighted by Crippen LogP contribution is 2.43. The van der Waals surface area contributed by atoms with E-state index >= 15 is 0 Å². The van der Waals surface area contributed by atoms with Crippen LogP contribution in [0.25, 0.3) is 0 Å². The van der Waals surface area contributed by atoms with Crippen molar-refractivity contribution in [1.82, 2.24) is 0 Å². The van der Waals surface area contributed by atoms with Gasteiger partial charge in [0.05, 0.1) is 27.7 Å². The first-order valence-electron chi connectivity index (χ1n) is 14.7. The number of ether oxygens (including phenoxy) is 2. The van der Waals surface area contributed by atoms with E-state index in [9.17, 15) is 14.3 Å². The SMILES string of the molecule is CCCCCCCCCCCCCCCCCCOC(COC(C)=O)COP(=O)(O)OCC[N+](C)(C)C. The highest BCUT2D eigenvalue weighted by Gasteiger charge is 2.25. The lowest BCUT2D eigenvalue weighted by atomic mass is 10.0. The normalized spacial score (nSPS) is 14.4. The van der Waals surface area contributed by atoms with Crippen molar-refractivity contribution in [3.05, 3.63) is 0 Å². The lowest BCUT2D eigenvalue weighted by Crippen LogP contribution is -2.37. The van der Waals surface area contributed by atoms with Crippen molar-refractivity contribution >= 4 is 13.8 Å². The second-order valence-electron chi connectivity index (χ2n) is 11.2. The number of carbonyl (C=O) groups excluding carboxylic acids is 1. The number of phosphoric ester groups is 1. The van der Waals surface area contributed by atoms with E-state index in [0.717, 1.165) is 12.8 Å². The van der Waals surface area contributed by atoms with E-state index in [4.69, 9.17) is 18.5 Å². The summed E-state index contributed by atoms with van der Waals surface area (Å²) < 4.78 is 33.6. The number of likely N-dealkylation sites (N-methyl/N-ethyl adjacent to an activating group) is 1. The number of esters is 1. The molecular formula is C28H59NO7P+. The summed E-state index contributed by atoms with van der Waals surface area (Å²) in [5, 5.41) is 0. The number of nitrogens with zero attached hydrogens (tertiary/aromatic N) is 1. The zero-order chi connectivity index (χ0) is 27.8. The van der Waals surface area contributed by atoms with Gasteiger partial charge in [0.25, 0.3) is 0 Å². The Hall–Kier alpha value is -0.500. The van der Waals surface area contributed by atoms with Crippen LogP contribution in [0.15, 0.2) is 0 Å². The Balaban J connectivity index is 3.82. The van der Waals surface area contributed by atoms with Gasteiger partial charge in [-0.15, -0.1) is 0 Å². The van der Waals surface area contributed by atoms with Crippen molar-refractivity contribution in [2.75, 3.05) is 54.1 Å². The first kappa shape index (κ1) is 36.5. The molecule has 0 radical (unpaired) electrons. The molecule has 222 valence electrons. The van der Waals surface area contributed by atoms with Gasteiger partial charge in [0.2, 0.25) is 0 Å². The first-order valence-corrected chi connectivity index (χ1v) is 16.2. The molecule has 9 heteroatoms. The van der Waals surface area contributed by atoms with Gasteiger partial charge in [-0.2, -0.15) is 0 Å². The van der Waals surface area contributed by atoms with Crippen LogP contribution in [-0.4, -0.2) is 75.6 Å². The number of phosphoric acid groups is 1. The van der Waals surface area contributed by atoms with E-state index in [-0.39, 0.29) is 19.8 Å². The zero-order valence-electron chi connectivity index (χ0n) is 24.7. The van der Waals surface area contributed by atoms with Gasteiger partial charge < -0.3 is 18.9 Å². The minimum absolute atomic E-state index is 0.0208. The van der Waals surface area contributed by atoms with Crippen molar-refractivity contribution in [3.63, 3.8) is 0 Å². The summed E-state index contributed by atoms with van der Waals surface area (Å²) in [6.07, 6.45) is 20.3. The fraction of sp³-hybridized carbons (Fsp3) is 0.964. The van der Waals surface area contributed by atoms with Gasteiger partial charge in [0.1, 0.15) is 25.9 Å². The Morgan fingerprint density at radius 3 is 1.62 bits per heavy atom. The number of quaternary nitrogens is 1. The predicted molar refractivity (Wildman–Crippen MR) is 151 cm³/mol. The molecule has 0 amide bonds. The largest absolute Gasteiger partial charge is 0.472 e. The molecule has 0 aliphatic heterocycles. The Labute approximate surface area is 228 Å². The minimum Gasteiger partial charge on any atom is -0.463 e. The van der Waals surface area contributed by atoms with Crippen LogP contribution in [0.3, 0.4) is 0 Å². The fourth-order valence-corrected chi connectivity index (χ4v) is 4.64. The maximum atomic E-state index is 12.1. The van der Waals surface area contributed by atoms with E-state index in [0.29, 0.717) is 17.6 Å². The summed E-state index contributed by atoms with van der Waals surface area (Å²) in [7, 11) is 1.71. The molecule has 0 spiro atoms. The molecule has 2 atom stereocenters. The second kappa shape index (κ2) is 23.4. The average Bonchev–Trinajstić information content (AvgIpc) is 2.81. The van der Waals surface area contributed by atoms with Crippen LogP contribution in [-0.2, 0) is 27.9 Å². The lowest BCUT2D eigenvalue weighted by molar-refractivity contribution is -0.870. The Kier molecular flexibility index (Phi) is 23.1. The summed E-state index contributed by atoms with van der Waals surface area (Å²) in [6.45, 7) is 4.55. The van der Waals surface area contributed by atoms with Crippen LogP contribution in [0.1, 0.15) is 117 Å². The molecule has 0 rings (SSSR count). The molecule has 0 aliphatic rings. The van der Waals surface area contributed by atoms with E-state index in [1.807, 2.05) is 21.1 Å². The van der Waals surface area contributed by atoms with E-state index < -0.39 is 19.9 Å². The van der Waals surface area contributed by atoms with Crippen LogP contribution in [0.5, 0.6) is 0 Å². The Morgan fingerprint density at radius 2 is 1.19 bits per heavy atom. The van der Waals surface area contributed by atoms with Crippen LogP contribution < -0.4 is 0 Å². The summed E-state index contributed by atoms with van der Waals surface area (Å²) in [4.78, 5) is 21.1. The van der Waals surface area contributed by atoms with E-state index in [2.05, 4.69) is 6.92 Å².